The Morgan fingerprint density at radius 2 is 2.07 bits per heavy atom. The summed E-state index contributed by atoms with van der Waals surface area (Å²) >= 11 is 0. The molecule has 0 saturated carbocycles. The van der Waals surface area contributed by atoms with Crippen LogP contribution in [-0.2, 0) is 9.59 Å². The summed E-state index contributed by atoms with van der Waals surface area (Å²) in [6, 6.07) is -2.35. The van der Waals surface area contributed by atoms with Crippen molar-refractivity contribution in [3.8, 4) is 0 Å². The molecule has 2 unspecified atom stereocenters. The molecule has 1 aromatic rings. The fraction of sp³-hybridized carbons (Fsp3) is 0.429. The predicted octanol–water partition coefficient (Wildman–Crippen LogP) is -1.29. The van der Waals surface area contributed by atoms with E-state index in [0.717, 1.165) is 4.68 Å². The smallest absolute Gasteiger partial charge is 0.328 e. The van der Waals surface area contributed by atoms with Crippen LogP contribution in [0.25, 0.3) is 0 Å². The molecule has 1 heterocycles. The van der Waals surface area contributed by atoms with E-state index in [1.807, 2.05) is 0 Å². The minimum Gasteiger partial charge on any atom is -0.480 e. The number of carboxylic acid groups (broad SMARTS) is 2. The molecular weight excluding hydrogens is 204 g/mol. The average molecular weight is 214 g/mol. The first-order valence-electron chi connectivity index (χ1n) is 4.07. The van der Waals surface area contributed by atoms with Crippen LogP contribution in [0.5, 0.6) is 0 Å². The highest BCUT2D eigenvalue weighted by Crippen LogP contribution is 2.11. The third-order valence-electron chi connectivity index (χ3n) is 1.84. The van der Waals surface area contributed by atoms with Gasteiger partial charge in [0.1, 0.15) is 18.7 Å². The van der Waals surface area contributed by atoms with Gasteiger partial charge in [-0.1, -0.05) is 0 Å². The molecule has 0 aliphatic carbocycles. The summed E-state index contributed by atoms with van der Waals surface area (Å²) in [6.45, 7) is 0. The number of hydrogen-bond acceptors (Lipinski definition) is 5. The SMILES string of the molecule is NC(CC(C(=O)O)n1cncn1)C(=O)O. The first kappa shape index (κ1) is 11.1. The van der Waals surface area contributed by atoms with Gasteiger partial charge in [0.25, 0.3) is 0 Å². The van der Waals surface area contributed by atoms with Gasteiger partial charge in [0.05, 0.1) is 0 Å². The quantitative estimate of drug-likeness (QED) is 0.555. The number of carbonyl (C=O) groups is 2. The van der Waals surface area contributed by atoms with Crippen molar-refractivity contribution < 1.29 is 19.8 Å². The number of aliphatic carboxylic acids is 2. The Balaban J connectivity index is 2.77. The van der Waals surface area contributed by atoms with Gasteiger partial charge in [-0.3, -0.25) is 4.79 Å². The van der Waals surface area contributed by atoms with Crippen molar-refractivity contribution in [2.75, 3.05) is 0 Å². The largest absolute Gasteiger partial charge is 0.480 e. The molecule has 8 nitrogen and oxygen atoms in total. The second-order valence-corrected chi connectivity index (χ2v) is 2.91. The molecule has 15 heavy (non-hydrogen) atoms. The summed E-state index contributed by atoms with van der Waals surface area (Å²) in [5, 5.41) is 21.0. The Morgan fingerprint density at radius 1 is 1.40 bits per heavy atom. The molecule has 0 saturated heterocycles. The van der Waals surface area contributed by atoms with Gasteiger partial charge >= 0.3 is 11.9 Å². The number of aromatic nitrogens is 3. The number of rotatable bonds is 5. The summed E-state index contributed by atoms with van der Waals surface area (Å²) in [5.41, 5.74) is 5.24. The predicted molar refractivity (Wildman–Crippen MR) is 46.9 cm³/mol. The van der Waals surface area contributed by atoms with Crippen LogP contribution in [0.1, 0.15) is 12.5 Å². The minimum absolute atomic E-state index is 0.242. The fourth-order valence-corrected chi connectivity index (χ4v) is 1.04. The molecular formula is C7H10N4O4. The van der Waals surface area contributed by atoms with Crippen LogP contribution in [0, 0.1) is 0 Å². The van der Waals surface area contributed by atoms with E-state index < -0.39 is 24.0 Å². The Labute approximate surface area is 84.3 Å². The van der Waals surface area contributed by atoms with Crippen molar-refractivity contribution in [2.45, 2.75) is 18.5 Å². The lowest BCUT2D eigenvalue weighted by Crippen LogP contribution is -2.35. The van der Waals surface area contributed by atoms with Gasteiger partial charge in [-0.2, -0.15) is 5.10 Å². The molecule has 0 aliphatic heterocycles. The van der Waals surface area contributed by atoms with Gasteiger partial charge in [0.15, 0.2) is 6.04 Å². The van der Waals surface area contributed by atoms with E-state index in [-0.39, 0.29) is 6.42 Å². The molecule has 2 atom stereocenters. The first-order chi connectivity index (χ1) is 7.02. The van der Waals surface area contributed by atoms with E-state index in [4.69, 9.17) is 15.9 Å². The standard InChI is InChI=1S/C7H10N4O4/c8-4(6(12)13)1-5(7(14)15)11-3-9-2-10-11/h2-5H,1,8H2,(H,12,13)(H,14,15). The fourth-order valence-electron chi connectivity index (χ4n) is 1.04. The average Bonchev–Trinajstić information content (AvgIpc) is 2.65. The van der Waals surface area contributed by atoms with Crippen LogP contribution in [0.4, 0.5) is 0 Å². The minimum atomic E-state index is -1.25. The molecule has 0 fully saturated rings. The zero-order valence-corrected chi connectivity index (χ0v) is 7.65. The summed E-state index contributed by atoms with van der Waals surface area (Å²) < 4.78 is 1.06. The van der Waals surface area contributed by atoms with Gasteiger partial charge in [0, 0.05) is 6.42 Å². The van der Waals surface area contributed by atoms with Crippen molar-refractivity contribution in [3.63, 3.8) is 0 Å². The first-order valence-corrected chi connectivity index (χ1v) is 4.07. The van der Waals surface area contributed by atoms with Crippen LogP contribution in [0.3, 0.4) is 0 Å². The Hall–Kier alpha value is -1.96. The molecule has 0 aromatic carbocycles. The molecule has 8 heteroatoms. The van der Waals surface area contributed by atoms with Gasteiger partial charge in [-0.15, -0.1) is 0 Å². The van der Waals surface area contributed by atoms with Crippen LogP contribution in [-0.4, -0.2) is 43.0 Å². The highest BCUT2D eigenvalue weighted by atomic mass is 16.4. The lowest BCUT2D eigenvalue weighted by Gasteiger charge is -2.14. The Morgan fingerprint density at radius 3 is 2.47 bits per heavy atom. The molecule has 0 amide bonds. The molecule has 0 bridgehead atoms. The van der Waals surface area contributed by atoms with E-state index in [0.29, 0.717) is 0 Å². The molecule has 1 aromatic heterocycles. The topological polar surface area (TPSA) is 131 Å². The van der Waals surface area contributed by atoms with E-state index in [1.165, 1.54) is 12.7 Å². The third-order valence-corrected chi connectivity index (χ3v) is 1.84. The zero-order valence-electron chi connectivity index (χ0n) is 7.65. The van der Waals surface area contributed by atoms with Crippen molar-refractivity contribution >= 4 is 11.9 Å². The van der Waals surface area contributed by atoms with Crippen LogP contribution >= 0.6 is 0 Å². The second kappa shape index (κ2) is 4.51. The van der Waals surface area contributed by atoms with Crippen LogP contribution < -0.4 is 5.73 Å². The summed E-state index contributed by atoms with van der Waals surface area (Å²) in [6.07, 6.45) is 2.13. The van der Waals surface area contributed by atoms with E-state index >= 15 is 0 Å². The van der Waals surface area contributed by atoms with E-state index in [9.17, 15) is 9.59 Å². The molecule has 0 aliphatic rings. The van der Waals surface area contributed by atoms with Crippen molar-refractivity contribution in [1.82, 2.24) is 14.8 Å². The number of hydrogen-bond donors (Lipinski definition) is 3. The molecule has 82 valence electrons. The van der Waals surface area contributed by atoms with Crippen LogP contribution in [0.2, 0.25) is 0 Å². The molecule has 0 radical (unpaired) electrons. The molecule has 4 N–H and O–H groups in total. The third kappa shape index (κ3) is 2.74. The maximum absolute atomic E-state index is 10.8. The van der Waals surface area contributed by atoms with Crippen molar-refractivity contribution in [1.29, 1.82) is 0 Å². The van der Waals surface area contributed by atoms with Gasteiger partial charge in [-0.05, 0) is 0 Å². The molecule has 1 rings (SSSR count). The van der Waals surface area contributed by atoms with Gasteiger partial charge in [-0.25, -0.2) is 14.5 Å². The van der Waals surface area contributed by atoms with Crippen LogP contribution in [0.15, 0.2) is 12.7 Å². The number of nitrogens with two attached hydrogens (primary N) is 1. The van der Waals surface area contributed by atoms with Gasteiger partial charge in [0.2, 0.25) is 0 Å². The highest BCUT2D eigenvalue weighted by Gasteiger charge is 2.26. The zero-order chi connectivity index (χ0) is 11.4. The lowest BCUT2D eigenvalue weighted by atomic mass is 10.1. The Kier molecular flexibility index (Phi) is 3.34. The highest BCUT2D eigenvalue weighted by molar-refractivity contribution is 5.76. The van der Waals surface area contributed by atoms with Crippen molar-refractivity contribution in [2.24, 2.45) is 5.73 Å². The lowest BCUT2D eigenvalue weighted by molar-refractivity contribution is -0.143. The summed E-state index contributed by atoms with van der Waals surface area (Å²) in [5.74, 6) is -2.45. The Bertz CT molecular complexity index is 350. The summed E-state index contributed by atoms with van der Waals surface area (Å²) in [4.78, 5) is 24.9. The van der Waals surface area contributed by atoms with Gasteiger partial charge < -0.3 is 15.9 Å². The molecule has 0 spiro atoms. The normalized spacial score (nSPS) is 14.5. The van der Waals surface area contributed by atoms with E-state index in [2.05, 4.69) is 10.1 Å². The maximum Gasteiger partial charge on any atom is 0.328 e. The number of carboxylic acids is 2. The van der Waals surface area contributed by atoms with E-state index in [1.54, 1.807) is 0 Å². The second-order valence-electron chi connectivity index (χ2n) is 2.91. The summed E-state index contributed by atoms with van der Waals surface area (Å²) in [7, 11) is 0. The number of nitrogens with zero attached hydrogens (tertiary/aromatic N) is 3. The van der Waals surface area contributed by atoms with Crippen molar-refractivity contribution in [3.05, 3.63) is 12.7 Å². The maximum atomic E-state index is 10.8. The monoisotopic (exact) mass is 214 g/mol.